The molecule has 1 aliphatic carbocycles. The summed E-state index contributed by atoms with van der Waals surface area (Å²) in [6.45, 7) is -0.366. The van der Waals surface area contributed by atoms with Crippen LogP contribution in [0.15, 0.2) is 131 Å². The fraction of sp³-hybridized carbons (Fsp3) is 0.200. The van der Waals surface area contributed by atoms with Crippen molar-refractivity contribution in [3.8, 4) is 16.9 Å². The maximum absolute atomic E-state index is 14.0. The molecular formula is C40H33F2N3O3. The van der Waals surface area contributed by atoms with Gasteiger partial charge in [0.1, 0.15) is 5.52 Å². The molecule has 1 atom stereocenters. The number of benzene rings is 5. The van der Waals surface area contributed by atoms with Crippen molar-refractivity contribution in [2.45, 2.75) is 50.5 Å². The Bertz CT molecular complexity index is 2150. The minimum absolute atomic E-state index is 0.0124. The Kier molecular flexibility index (Phi) is 7.33. The first-order valence-electron chi connectivity index (χ1n) is 16.2. The summed E-state index contributed by atoms with van der Waals surface area (Å²) in [4.78, 5) is 30.6. The monoisotopic (exact) mass is 641 g/mol. The molecule has 5 aromatic carbocycles. The van der Waals surface area contributed by atoms with Crippen LogP contribution in [0.5, 0.6) is 5.75 Å². The van der Waals surface area contributed by atoms with Gasteiger partial charge in [0.15, 0.2) is 5.75 Å². The predicted molar refractivity (Wildman–Crippen MR) is 182 cm³/mol. The van der Waals surface area contributed by atoms with Crippen molar-refractivity contribution in [1.82, 2.24) is 14.5 Å². The molecule has 48 heavy (non-hydrogen) atoms. The molecule has 6 nitrogen and oxygen atoms in total. The van der Waals surface area contributed by atoms with E-state index in [1.54, 1.807) is 12.1 Å². The maximum Gasteiger partial charge on any atom is 0.387 e. The number of hydrogen-bond acceptors (Lipinski definition) is 4. The lowest BCUT2D eigenvalue weighted by Crippen LogP contribution is -2.46. The molecule has 1 N–H and O–H groups in total. The highest BCUT2D eigenvalue weighted by Crippen LogP contribution is 2.51. The number of nitrogens with one attached hydrogen (secondary N) is 1. The minimum Gasteiger partial charge on any atom is -0.432 e. The van der Waals surface area contributed by atoms with Gasteiger partial charge in [-0.25, -0.2) is 4.79 Å². The number of aromatic amines is 1. The van der Waals surface area contributed by atoms with Crippen LogP contribution in [0.3, 0.4) is 0 Å². The molecule has 6 aromatic rings. The lowest BCUT2D eigenvalue weighted by molar-refractivity contribution is -0.0486. The molecular weight excluding hydrogens is 608 g/mol. The summed E-state index contributed by atoms with van der Waals surface area (Å²) in [5, 5.41) is 0.139. The van der Waals surface area contributed by atoms with Crippen LogP contribution in [-0.4, -0.2) is 21.1 Å². The Morgan fingerprint density at radius 1 is 0.792 bits per heavy atom. The van der Waals surface area contributed by atoms with Crippen molar-refractivity contribution >= 4 is 10.9 Å². The summed E-state index contributed by atoms with van der Waals surface area (Å²) >= 11 is 0. The Hall–Kier alpha value is -5.34. The number of ether oxygens (including phenoxy) is 1. The average molecular weight is 642 g/mol. The SMILES string of the molecule is C[C@@H]1c2ccc(-c3ccc4c(=O)[nH]c(=O)n(C5CC5)c4c3OC(F)F)cc2CN1C(c1ccccc1)(c1ccccc1)c1ccccc1. The fourth-order valence-electron chi connectivity index (χ4n) is 7.69. The summed E-state index contributed by atoms with van der Waals surface area (Å²) in [5.41, 5.74) is 4.87. The first-order chi connectivity index (χ1) is 23.4. The zero-order valence-electron chi connectivity index (χ0n) is 26.3. The first kappa shape index (κ1) is 30.0. The van der Waals surface area contributed by atoms with Crippen LogP contribution in [0.2, 0.25) is 0 Å². The van der Waals surface area contributed by atoms with Crippen LogP contribution in [0.1, 0.15) is 59.7 Å². The third-order valence-corrected chi connectivity index (χ3v) is 9.89. The Labute approximate surface area is 275 Å². The molecule has 0 unspecified atom stereocenters. The zero-order chi connectivity index (χ0) is 33.0. The van der Waals surface area contributed by atoms with Gasteiger partial charge >= 0.3 is 12.3 Å². The van der Waals surface area contributed by atoms with Crippen LogP contribution in [0.25, 0.3) is 22.0 Å². The number of nitrogens with zero attached hydrogens (tertiary/aromatic N) is 2. The van der Waals surface area contributed by atoms with E-state index in [2.05, 4.69) is 95.7 Å². The number of fused-ring (bicyclic) bond motifs is 2. The molecule has 240 valence electrons. The summed E-state index contributed by atoms with van der Waals surface area (Å²) in [7, 11) is 0. The molecule has 2 aliphatic rings. The van der Waals surface area contributed by atoms with E-state index in [1.165, 1.54) is 4.57 Å². The summed E-state index contributed by atoms with van der Waals surface area (Å²) in [6.07, 6.45) is 1.44. The topological polar surface area (TPSA) is 67.3 Å². The van der Waals surface area contributed by atoms with Gasteiger partial charge in [0.05, 0.1) is 10.9 Å². The number of H-pyrrole nitrogens is 1. The molecule has 0 radical (unpaired) electrons. The highest BCUT2D eigenvalue weighted by molar-refractivity contribution is 5.92. The number of hydrogen-bond donors (Lipinski definition) is 1. The smallest absolute Gasteiger partial charge is 0.387 e. The zero-order valence-corrected chi connectivity index (χ0v) is 26.3. The number of alkyl halides is 2. The molecule has 0 saturated heterocycles. The average Bonchev–Trinajstić information content (AvgIpc) is 3.89. The molecule has 1 fully saturated rings. The molecule has 0 spiro atoms. The molecule has 8 rings (SSSR count). The Balaban J connectivity index is 1.31. The van der Waals surface area contributed by atoms with Gasteiger partial charge < -0.3 is 4.74 Å². The third-order valence-electron chi connectivity index (χ3n) is 9.89. The standard InChI is InChI=1S/C40H33F2N3O3/c1-25-32-20-17-26(33-21-22-34-35(36(33)48-38(41)42)45(31-18-19-31)39(47)43-37(34)46)23-27(32)24-44(25)40(28-11-5-2-6-12-28,29-13-7-3-8-14-29)30-15-9-4-10-16-30/h2-17,20-23,25,31,38H,18-19,24H2,1H3,(H,43,46,47)/t25-/m1/s1. The lowest BCUT2D eigenvalue weighted by atomic mass is 9.75. The molecule has 8 heteroatoms. The first-order valence-corrected chi connectivity index (χ1v) is 16.2. The Morgan fingerprint density at radius 3 is 1.92 bits per heavy atom. The van der Waals surface area contributed by atoms with E-state index >= 15 is 0 Å². The number of aromatic nitrogens is 2. The summed E-state index contributed by atoms with van der Waals surface area (Å²) in [5.74, 6) is -0.160. The van der Waals surface area contributed by atoms with Crippen LogP contribution >= 0.6 is 0 Å². The second-order valence-electron chi connectivity index (χ2n) is 12.6. The van der Waals surface area contributed by atoms with Crippen molar-refractivity contribution in [2.75, 3.05) is 0 Å². The quantitative estimate of drug-likeness (QED) is 0.170. The van der Waals surface area contributed by atoms with Gasteiger partial charge in [0.25, 0.3) is 5.56 Å². The molecule has 0 amide bonds. The van der Waals surface area contributed by atoms with Gasteiger partial charge in [-0.2, -0.15) is 8.78 Å². The third kappa shape index (κ3) is 4.78. The van der Waals surface area contributed by atoms with E-state index in [4.69, 9.17) is 4.74 Å². The van der Waals surface area contributed by atoms with E-state index in [9.17, 15) is 18.4 Å². The van der Waals surface area contributed by atoms with Gasteiger partial charge in [0, 0.05) is 24.2 Å². The van der Waals surface area contributed by atoms with Crippen molar-refractivity contribution in [2.24, 2.45) is 0 Å². The van der Waals surface area contributed by atoms with Crippen LogP contribution < -0.4 is 16.0 Å². The minimum atomic E-state index is -3.15. The van der Waals surface area contributed by atoms with E-state index in [1.807, 2.05) is 30.3 Å². The number of halogens is 2. The van der Waals surface area contributed by atoms with Crippen LogP contribution in [-0.2, 0) is 12.1 Å². The summed E-state index contributed by atoms with van der Waals surface area (Å²) < 4.78 is 34.6. The van der Waals surface area contributed by atoms with Crippen molar-refractivity contribution in [3.05, 3.63) is 170 Å². The number of rotatable bonds is 8. The Morgan fingerprint density at radius 2 is 1.38 bits per heavy atom. The van der Waals surface area contributed by atoms with Gasteiger partial charge in [-0.05, 0) is 71.3 Å². The highest BCUT2D eigenvalue weighted by atomic mass is 19.3. The summed E-state index contributed by atoms with van der Waals surface area (Å²) in [6, 6.07) is 40.6. The van der Waals surface area contributed by atoms with E-state index in [-0.39, 0.29) is 28.7 Å². The lowest BCUT2D eigenvalue weighted by Gasteiger charge is -2.46. The van der Waals surface area contributed by atoms with E-state index < -0.39 is 23.4 Å². The molecule has 1 aliphatic heterocycles. The van der Waals surface area contributed by atoms with E-state index in [0.29, 0.717) is 17.7 Å². The predicted octanol–water partition coefficient (Wildman–Crippen LogP) is 8.16. The maximum atomic E-state index is 14.0. The normalized spacial score (nSPS) is 16.4. The molecule has 1 saturated carbocycles. The fourth-order valence-corrected chi connectivity index (χ4v) is 7.69. The van der Waals surface area contributed by atoms with E-state index in [0.717, 1.165) is 40.7 Å². The molecule has 2 heterocycles. The highest BCUT2D eigenvalue weighted by Gasteiger charge is 2.47. The van der Waals surface area contributed by atoms with Crippen LogP contribution in [0, 0.1) is 0 Å². The van der Waals surface area contributed by atoms with Gasteiger partial charge in [0.2, 0.25) is 0 Å². The van der Waals surface area contributed by atoms with Crippen LogP contribution in [0.4, 0.5) is 8.78 Å². The second-order valence-corrected chi connectivity index (χ2v) is 12.6. The van der Waals surface area contributed by atoms with Crippen molar-refractivity contribution < 1.29 is 13.5 Å². The molecule has 1 aromatic heterocycles. The molecule has 0 bridgehead atoms. The van der Waals surface area contributed by atoms with Crippen molar-refractivity contribution in [3.63, 3.8) is 0 Å². The van der Waals surface area contributed by atoms with Crippen molar-refractivity contribution in [1.29, 1.82) is 0 Å². The largest absolute Gasteiger partial charge is 0.432 e. The second kappa shape index (κ2) is 11.7. The van der Waals surface area contributed by atoms with Gasteiger partial charge in [-0.15, -0.1) is 0 Å². The van der Waals surface area contributed by atoms with Gasteiger partial charge in [-0.3, -0.25) is 19.2 Å². The van der Waals surface area contributed by atoms with Gasteiger partial charge in [-0.1, -0.05) is 103 Å².